The maximum Gasteiger partial charge on any atom is 0.393 e. The minimum Gasteiger partial charge on any atom is -0.463 e. The van der Waals surface area contributed by atoms with Crippen molar-refractivity contribution in [3.63, 3.8) is 0 Å². The number of piperidine rings is 1. The average Bonchev–Trinajstić information content (AvgIpc) is 2.95. The van der Waals surface area contributed by atoms with Gasteiger partial charge in [0.1, 0.15) is 0 Å². The van der Waals surface area contributed by atoms with Crippen molar-refractivity contribution in [3.8, 4) is 23.7 Å². The van der Waals surface area contributed by atoms with Gasteiger partial charge in [0.2, 0.25) is 0 Å². The molecule has 1 saturated heterocycles. The molecule has 40 heavy (non-hydrogen) atoms. The predicted molar refractivity (Wildman–Crippen MR) is 147 cm³/mol. The Labute approximate surface area is 236 Å². The monoisotopic (exact) mass is 561 g/mol. The number of hydrogen-bond donors (Lipinski definition) is 1. The van der Waals surface area contributed by atoms with Crippen molar-refractivity contribution < 1.29 is 32.2 Å². The van der Waals surface area contributed by atoms with Crippen LogP contribution in [0.3, 0.4) is 0 Å². The van der Waals surface area contributed by atoms with Gasteiger partial charge in [-0.15, -0.1) is 0 Å². The Morgan fingerprint density at radius 3 is 1.95 bits per heavy atom. The highest BCUT2D eigenvalue weighted by molar-refractivity contribution is 5.81. The molecule has 5 unspecified atom stereocenters. The van der Waals surface area contributed by atoms with Crippen LogP contribution < -0.4 is 5.32 Å². The molecule has 1 aliphatic heterocycles. The number of alkyl halides is 3. The fraction of sp³-hybridized carbons (Fsp3) is 0.688. The first-order chi connectivity index (χ1) is 19.2. The summed E-state index contributed by atoms with van der Waals surface area (Å²) in [6, 6.07) is 0.213. The lowest BCUT2D eigenvalue weighted by Gasteiger charge is -2.33. The Morgan fingerprint density at radius 2 is 1.35 bits per heavy atom. The fourth-order valence-corrected chi connectivity index (χ4v) is 5.92. The third-order valence-corrected chi connectivity index (χ3v) is 8.41. The second-order valence-electron chi connectivity index (χ2n) is 11.3. The van der Waals surface area contributed by atoms with Crippen LogP contribution in [0.25, 0.3) is 0 Å². The van der Waals surface area contributed by atoms with Crippen LogP contribution in [0.2, 0.25) is 0 Å². The third-order valence-electron chi connectivity index (χ3n) is 8.41. The summed E-state index contributed by atoms with van der Waals surface area (Å²) in [6.45, 7) is 8.09. The summed E-state index contributed by atoms with van der Waals surface area (Å²) in [5.41, 5.74) is 0. The number of esters is 2. The van der Waals surface area contributed by atoms with Gasteiger partial charge in [-0.1, -0.05) is 36.8 Å². The van der Waals surface area contributed by atoms with E-state index in [0.717, 1.165) is 57.1 Å². The van der Waals surface area contributed by atoms with Crippen LogP contribution >= 0.6 is 0 Å². The highest BCUT2D eigenvalue weighted by Gasteiger charge is 2.47. The minimum atomic E-state index is -4.29. The van der Waals surface area contributed by atoms with Crippen molar-refractivity contribution in [3.05, 3.63) is 25.3 Å². The molecule has 0 spiro atoms. The number of halogens is 3. The Balaban J connectivity index is 1.43. The molecule has 220 valence electrons. The summed E-state index contributed by atoms with van der Waals surface area (Å²) in [5, 5.41) is 3.38. The molecule has 1 heterocycles. The second kappa shape index (κ2) is 15.9. The number of hydrogen-bond acceptors (Lipinski definition) is 5. The van der Waals surface area contributed by atoms with E-state index in [1.165, 1.54) is 0 Å². The number of nitrogens with one attached hydrogen (secondary N) is 1. The Kier molecular flexibility index (Phi) is 12.7. The molecule has 2 saturated carbocycles. The molecule has 0 radical (unpaired) electrons. The molecule has 0 amide bonds. The first-order valence-corrected chi connectivity index (χ1v) is 14.6. The van der Waals surface area contributed by atoms with Gasteiger partial charge in [0.25, 0.3) is 0 Å². The van der Waals surface area contributed by atoms with E-state index < -0.39 is 30.0 Å². The minimum absolute atomic E-state index is 0.0221. The van der Waals surface area contributed by atoms with E-state index in [0.29, 0.717) is 44.9 Å². The van der Waals surface area contributed by atoms with Crippen molar-refractivity contribution in [1.82, 2.24) is 5.32 Å². The van der Waals surface area contributed by atoms with Crippen molar-refractivity contribution in [2.75, 3.05) is 19.8 Å². The topological polar surface area (TPSA) is 64.6 Å². The van der Waals surface area contributed by atoms with E-state index in [9.17, 15) is 22.8 Å². The number of carbonyl (C=O) groups excluding carboxylic acids is 2. The second-order valence-corrected chi connectivity index (χ2v) is 11.3. The van der Waals surface area contributed by atoms with E-state index in [2.05, 4.69) is 42.2 Å². The van der Waals surface area contributed by atoms with Crippen LogP contribution in [0.15, 0.2) is 25.3 Å². The zero-order chi connectivity index (χ0) is 29.0. The quantitative estimate of drug-likeness (QED) is 0.224. The first-order valence-electron chi connectivity index (χ1n) is 14.6. The van der Waals surface area contributed by atoms with Crippen molar-refractivity contribution in [2.45, 2.75) is 82.8 Å². The van der Waals surface area contributed by atoms with Gasteiger partial charge in [-0.2, -0.15) is 13.2 Å². The Morgan fingerprint density at radius 1 is 0.775 bits per heavy atom. The van der Waals surface area contributed by atoms with Crippen LogP contribution in [0.5, 0.6) is 0 Å². The third kappa shape index (κ3) is 10.7. The molecule has 3 aliphatic rings. The lowest BCUT2D eigenvalue weighted by atomic mass is 9.73. The molecule has 5 atom stereocenters. The summed E-state index contributed by atoms with van der Waals surface area (Å²) in [4.78, 5) is 22.3. The molecule has 0 aromatic rings. The Bertz CT molecular complexity index is 986. The largest absolute Gasteiger partial charge is 0.463 e. The fourth-order valence-electron chi connectivity index (χ4n) is 5.92. The molecular formula is C32H42F3NO4. The number of rotatable bonds is 8. The van der Waals surface area contributed by atoms with Crippen LogP contribution in [-0.4, -0.2) is 43.9 Å². The van der Waals surface area contributed by atoms with Crippen LogP contribution in [0.4, 0.5) is 13.2 Å². The smallest absolute Gasteiger partial charge is 0.393 e. The van der Waals surface area contributed by atoms with Crippen LogP contribution in [-0.2, 0) is 19.1 Å². The van der Waals surface area contributed by atoms with Gasteiger partial charge < -0.3 is 14.8 Å². The molecule has 3 rings (SSSR count). The zero-order valence-corrected chi connectivity index (χ0v) is 23.3. The van der Waals surface area contributed by atoms with E-state index in [1.807, 2.05) is 0 Å². The standard InChI is InChI=1S/C32H42F3NO4/c1-3-30(37)39-19-17-24-7-5-23(6-8-24)9-10-25-11-14-27(29(21-25)32(33,34)35)15-12-26-13-16-28(36-22-26)18-20-40-31(38)4-2/h3-4,23-29,36H,1-2,5-8,11,13-14,16-22H2. The Hall–Kier alpha value is -2.71. The maximum atomic E-state index is 14.0. The van der Waals surface area contributed by atoms with Crippen molar-refractivity contribution in [2.24, 2.45) is 35.5 Å². The summed E-state index contributed by atoms with van der Waals surface area (Å²) in [5.74, 6) is 10.2. The van der Waals surface area contributed by atoms with Gasteiger partial charge in [-0.3, -0.25) is 0 Å². The molecule has 0 bridgehead atoms. The lowest BCUT2D eigenvalue weighted by Crippen LogP contribution is -2.39. The number of ether oxygens (including phenoxy) is 2. The van der Waals surface area contributed by atoms with Crippen LogP contribution in [0, 0.1) is 59.2 Å². The summed E-state index contributed by atoms with van der Waals surface area (Å²) < 4.78 is 52.1. The van der Waals surface area contributed by atoms with E-state index in [1.54, 1.807) is 0 Å². The lowest BCUT2D eigenvalue weighted by molar-refractivity contribution is -0.192. The average molecular weight is 562 g/mol. The normalized spacial score (nSPS) is 30.4. The highest BCUT2D eigenvalue weighted by atomic mass is 19.4. The summed E-state index contributed by atoms with van der Waals surface area (Å²) in [7, 11) is 0. The molecule has 3 fully saturated rings. The van der Waals surface area contributed by atoms with Gasteiger partial charge >= 0.3 is 18.1 Å². The van der Waals surface area contributed by atoms with E-state index >= 15 is 0 Å². The van der Waals surface area contributed by atoms with Crippen LogP contribution in [0.1, 0.15) is 70.6 Å². The van der Waals surface area contributed by atoms with Crippen molar-refractivity contribution >= 4 is 11.9 Å². The van der Waals surface area contributed by atoms with Gasteiger partial charge in [0.15, 0.2) is 0 Å². The van der Waals surface area contributed by atoms with E-state index in [4.69, 9.17) is 9.47 Å². The van der Waals surface area contributed by atoms with Gasteiger partial charge in [0.05, 0.1) is 19.1 Å². The molecule has 0 aromatic heterocycles. The predicted octanol–water partition coefficient (Wildman–Crippen LogP) is 6.00. The van der Waals surface area contributed by atoms with Crippen molar-refractivity contribution in [1.29, 1.82) is 0 Å². The highest BCUT2D eigenvalue weighted by Crippen LogP contribution is 2.43. The zero-order valence-electron chi connectivity index (χ0n) is 23.3. The SMILES string of the molecule is C=CC(=O)OCCC1CCC(C#CC2CCC(C#CC3CCC(CCOC(=O)C=C)NC3)C(C(F)(F)F)C2)CC1. The summed E-state index contributed by atoms with van der Waals surface area (Å²) >= 11 is 0. The van der Waals surface area contributed by atoms with Gasteiger partial charge in [0, 0.05) is 48.4 Å². The maximum absolute atomic E-state index is 14.0. The molecule has 2 aliphatic carbocycles. The molecule has 1 N–H and O–H groups in total. The molecule has 0 aromatic carbocycles. The van der Waals surface area contributed by atoms with E-state index in [-0.39, 0.29) is 30.2 Å². The first kappa shape index (κ1) is 31.8. The van der Waals surface area contributed by atoms with Gasteiger partial charge in [-0.05, 0) is 76.5 Å². The van der Waals surface area contributed by atoms with Gasteiger partial charge in [-0.25, -0.2) is 9.59 Å². The number of carbonyl (C=O) groups is 2. The summed E-state index contributed by atoms with van der Waals surface area (Å²) in [6.07, 6.45) is 6.15. The molecule has 5 nitrogen and oxygen atoms in total. The molecule has 8 heteroatoms. The molecular weight excluding hydrogens is 519 g/mol.